The van der Waals surface area contributed by atoms with E-state index < -0.39 is 0 Å². The Morgan fingerprint density at radius 3 is 2.86 bits per heavy atom. The van der Waals surface area contributed by atoms with Crippen molar-refractivity contribution in [1.29, 1.82) is 0 Å². The molecular formula is C14H21ClN6. The monoisotopic (exact) mass is 308 g/mol. The first-order chi connectivity index (χ1) is 10.1. The van der Waals surface area contributed by atoms with Crippen molar-refractivity contribution < 1.29 is 0 Å². The van der Waals surface area contributed by atoms with Gasteiger partial charge < -0.3 is 4.90 Å². The number of rotatable bonds is 7. The van der Waals surface area contributed by atoms with Gasteiger partial charge in [-0.2, -0.15) is 5.10 Å². The van der Waals surface area contributed by atoms with Gasteiger partial charge in [0.05, 0.1) is 29.5 Å². The number of hydrogen-bond donors (Lipinski definition) is 2. The van der Waals surface area contributed by atoms with Gasteiger partial charge in [-0.05, 0) is 32.1 Å². The van der Waals surface area contributed by atoms with E-state index in [9.17, 15) is 0 Å². The van der Waals surface area contributed by atoms with Gasteiger partial charge in [-0.1, -0.05) is 17.7 Å². The maximum absolute atomic E-state index is 6.29. The van der Waals surface area contributed by atoms with Crippen LogP contribution in [-0.4, -0.2) is 40.3 Å². The van der Waals surface area contributed by atoms with Crippen LogP contribution in [0.4, 0.5) is 0 Å². The Bertz CT molecular complexity index is 554. The third-order valence-corrected chi connectivity index (χ3v) is 3.58. The number of pyridine rings is 1. The van der Waals surface area contributed by atoms with Crippen LogP contribution in [0.3, 0.4) is 0 Å². The maximum atomic E-state index is 6.29. The Kier molecular flexibility index (Phi) is 5.69. The van der Waals surface area contributed by atoms with Crippen LogP contribution in [0.25, 0.3) is 0 Å². The van der Waals surface area contributed by atoms with E-state index in [4.69, 9.17) is 17.4 Å². The standard InChI is InChI=1S/C14H21ClN6/c1-20(2)6-7-21-14(12(15)10-18-21)13(19-16)8-11-4-3-5-17-9-11/h3-5,9-10,13,19H,6-8,16H2,1-2H3. The SMILES string of the molecule is CN(C)CCn1ncc(Cl)c1C(Cc1cccnc1)NN. The quantitative estimate of drug-likeness (QED) is 0.595. The van der Waals surface area contributed by atoms with Crippen LogP contribution in [-0.2, 0) is 13.0 Å². The summed E-state index contributed by atoms with van der Waals surface area (Å²) in [4.78, 5) is 6.23. The first-order valence-electron chi connectivity index (χ1n) is 6.82. The largest absolute Gasteiger partial charge is 0.308 e. The zero-order chi connectivity index (χ0) is 15.2. The van der Waals surface area contributed by atoms with Crippen LogP contribution in [0.15, 0.2) is 30.7 Å². The maximum Gasteiger partial charge on any atom is 0.0834 e. The molecule has 0 aromatic carbocycles. The summed E-state index contributed by atoms with van der Waals surface area (Å²) in [5.41, 5.74) is 4.84. The van der Waals surface area contributed by atoms with Gasteiger partial charge >= 0.3 is 0 Å². The average Bonchev–Trinajstić information content (AvgIpc) is 2.85. The lowest BCUT2D eigenvalue weighted by Gasteiger charge is -2.19. The average molecular weight is 309 g/mol. The molecule has 2 rings (SSSR count). The normalized spacial score (nSPS) is 12.8. The lowest BCUT2D eigenvalue weighted by molar-refractivity contribution is 0.362. The minimum Gasteiger partial charge on any atom is -0.308 e. The molecule has 1 atom stereocenters. The fourth-order valence-electron chi connectivity index (χ4n) is 2.18. The fourth-order valence-corrected chi connectivity index (χ4v) is 2.45. The van der Waals surface area contributed by atoms with E-state index in [1.807, 2.05) is 37.1 Å². The minimum atomic E-state index is -0.105. The molecule has 0 amide bonds. The number of hydrogen-bond acceptors (Lipinski definition) is 5. The Morgan fingerprint density at radius 1 is 1.43 bits per heavy atom. The van der Waals surface area contributed by atoms with Crippen molar-refractivity contribution in [1.82, 2.24) is 25.1 Å². The first kappa shape index (κ1) is 15.9. The van der Waals surface area contributed by atoms with Crippen molar-refractivity contribution in [2.75, 3.05) is 20.6 Å². The second-order valence-electron chi connectivity index (χ2n) is 5.19. The topological polar surface area (TPSA) is 72.0 Å². The molecule has 0 bridgehead atoms. The number of likely N-dealkylation sites (N-methyl/N-ethyl adjacent to an activating group) is 1. The first-order valence-corrected chi connectivity index (χ1v) is 7.20. The molecular weight excluding hydrogens is 288 g/mol. The molecule has 114 valence electrons. The smallest absolute Gasteiger partial charge is 0.0834 e. The molecule has 0 fully saturated rings. The van der Waals surface area contributed by atoms with E-state index in [-0.39, 0.29) is 6.04 Å². The molecule has 21 heavy (non-hydrogen) atoms. The van der Waals surface area contributed by atoms with E-state index in [2.05, 4.69) is 20.4 Å². The predicted octanol–water partition coefficient (Wildman–Crippen LogP) is 1.24. The van der Waals surface area contributed by atoms with Crippen LogP contribution in [0.1, 0.15) is 17.3 Å². The van der Waals surface area contributed by atoms with Crippen LogP contribution >= 0.6 is 11.6 Å². The van der Waals surface area contributed by atoms with E-state index in [0.29, 0.717) is 11.4 Å². The number of nitrogens with zero attached hydrogens (tertiary/aromatic N) is 4. The summed E-state index contributed by atoms with van der Waals surface area (Å²) in [5, 5.41) is 4.97. The Labute approximate surface area is 129 Å². The third-order valence-electron chi connectivity index (χ3n) is 3.29. The predicted molar refractivity (Wildman–Crippen MR) is 83.8 cm³/mol. The summed E-state index contributed by atoms with van der Waals surface area (Å²) in [6.07, 6.45) is 5.96. The number of nitrogens with two attached hydrogens (primary N) is 1. The summed E-state index contributed by atoms with van der Waals surface area (Å²) < 4.78 is 1.91. The summed E-state index contributed by atoms with van der Waals surface area (Å²) in [7, 11) is 4.05. The highest BCUT2D eigenvalue weighted by molar-refractivity contribution is 6.31. The molecule has 0 radical (unpaired) electrons. The van der Waals surface area contributed by atoms with Crippen LogP contribution in [0, 0.1) is 0 Å². The van der Waals surface area contributed by atoms with Gasteiger partial charge in [-0.15, -0.1) is 0 Å². The Balaban J connectivity index is 2.19. The summed E-state index contributed by atoms with van der Waals surface area (Å²) >= 11 is 6.29. The molecule has 0 saturated carbocycles. The van der Waals surface area contributed by atoms with Crippen molar-refractivity contribution in [2.45, 2.75) is 19.0 Å². The second kappa shape index (κ2) is 7.51. The molecule has 0 saturated heterocycles. The van der Waals surface area contributed by atoms with Crippen LogP contribution in [0.5, 0.6) is 0 Å². The molecule has 3 N–H and O–H groups in total. The van der Waals surface area contributed by atoms with Gasteiger partial charge in [0.15, 0.2) is 0 Å². The number of aromatic nitrogens is 3. The summed E-state index contributed by atoms with van der Waals surface area (Å²) in [6, 6.07) is 3.82. The summed E-state index contributed by atoms with van der Waals surface area (Å²) in [6.45, 7) is 1.65. The molecule has 0 aliphatic rings. The Hall–Kier alpha value is -1.47. The van der Waals surface area contributed by atoms with Crippen molar-refractivity contribution >= 4 is 11.6 Å². The van der Waals surface area contributed by atoms with Gasteiger partial charge in [-0.25, -0.2) is 0 Å². The van der Waals surface area contributed by atoms with E-state index in [0.717, 1.165) is 24.3 Å². The van der Waals surface area contributed by atoms with Crippen molar-refractivity contribution in [2.24, 2.45) is 5.84 Å². The van der Waals surface area contributed by atoms with Gasteiger partial charge in [-0.3, -0.25) is 20.9 Å². The van der Waals surface area contributed by atoms with Crippen molar-refractivity contribution in [3.63, 3.8) is 0 Å². The van der Waals surface area contributed by atoms with Crippen molar-refractivity contribution in [3.05, 3.63) is 47.0 Å². The molecule has 0 spiro atoms. The second-order valence-corrected chi connectivity index (χ2v) is 5.60. The van der Waals surface area contributed by atoms with E-state index in [1.54, 1.807) is 12.4 Å². The Morgan fingerprint density at radius 2 is 2.24 bits per heavy atom. The fraction of sp³-hybridized carbons (Fsp3) is 0.429. The molecule has 0 aliphatic heterocycles. The molecule has 6 nitrogen and oxygen atoms in total. The third kappa shape index (κ3) is 4.25. The molecule has 7 heteroatoms. The molecule has 1 unspecified atom stereocenters. The van der Waals surface area contributed by atoms with E-state index >= 15 is 0 Å². The number of hydrazine groups is 1. The lowest BCUT2D eigenvalue weighted by atomic mass is 10.1. The van der Waals surface area contributed by atoms with Gasteiger partial charge in [0, 0.05) is 18.9 Å². The van der Waals surface area contributed by atoms with E-state index in [1.165, 1.54) is 0 Å². The molecule has 2 aromatic rings. The highest BCUT2D eigenvalue weighted by atomic mass is 35.5. The zero-order valence-electron chi connectivity index (χ0n) is 12.3. The minimum absolute atomic E-state index is 0.105. The zero-order valence-corrected chi connectivity index (χ0v) is 13.1. The number of nitrogens with one attached hydrogen (secondary N) is 1. The molecule has 0 aliphatic carbocycles. The highest BCUT2D eigenvalue weighted by Gasteiger charge is 2.20. The van der Waals surface area contributed by atoms with Gasteiger partial charge in [0.1, 0.15) is 0 Å². The molecule has 2 heterocycles. The number of halogens is 1. The van der Waals surface area contributed by atoms with Crippen LogP contribution in [0.2, 0.25) is 5.02 Å². The van der Waals surface area contributed by atoms with Gasteiger partial charge in [0.25, 0.3) is 0 Å². The van der Waals surface area contributed by atoms with Crippen LogP contribution < -0.4 is 11.3 Å². The molecule has 2 aromatic heterocycles. The van der Waals surface area contributed by atoms with Gasteiger partial charge in [0.2, 0.25) is 0 Å². The lowest BCUT2D eigenvalue weighted by Crippen LogP contribution is -2.32. The summed E-state index contributed by atoms with van der Waals surface area (Å²) in [5.74, 6) is 5.72. The van der Waals surface area contributed by atoms with Crippen molar-refractivity contribution in [3.8, 4) is 0 Å². The highest BCUT2D eigenvalue weighted by Crippen LogP contribution is 2.25.